The molecule has 0 bridgehead atoms. The summed E-state index contributed by atoms with van der Waals surface area (Å²) in [5, 5.41) is 4.34. The Morgan fingerprint density at radius 3 is 2.56 bits per heavy atom. The molecule has 1 heterocycles. The monoisotopic (exact) mass is 242 g/mol. The third-order valence-electron chi connectivity index (χ3n) is 3.07. The van der Waals surface area contributed by atoms with E-state index in [0.717, 1.165) is 22.3 Å². The second-order valence-electron chi connectivity index (χ2n) is 4.89. The van der Waals surface area contributed by atoms with Gasteiger partial charge in [-0.15, -0.1) is 0 Å². The minimum absolute atomic E-state index is 0.0996. The summed E-state index contributed by atoms with van der Waals surface area (Å²) in [6, 6.07) is 6.16. The molecule has 2 rings (SSSR count). The van der Waals surface area contributed by atoms with E-state index in [1.807, 2.05) is 42.2 Å². The Balaban J connectivity index is 2.41. The first kappa shape index (κ1) is 12.6. The van der Waals surface area contributed by atoms with E-state index in [-0.39, 0.29) is 5.78 Å². The van der Waals surface area contributed by atoms with Crippen LogP contribution in [-0.4, -0.2) is 15.6 Å². The van der Waals surface area contributed by atoms with E-state index in [1.165, 1.54) is 0 Å². The van der Waals surface area contributed by atoms with Crippen LogP contribution in [-0.2, 0) is 0 Å². The predicted molar refractivity (Wildman–Crippen MR) is 72.8 cm³/mol. The lowest BCUT2D eigenvalue weighted by molar-refractivity contribution is 0.101. The molecule has 3 nitrogen and oxygen atoms in total. The fraction of sp³-hybridized carbons (Fsp3) is 0.333. The van der Waals surface area contributed by atoms with Crippen LogP contribution in [0.2, 0.25) is 0 Å². The van der Waals surface area contributed by atoms with Crippen molar-refractivity contribution in [2.75, 3.05) is 0 Å². The highest BCUT2D eigenvalue weighted by molar-refractivity contribution is 5.94. The quantitative estimate of drug-likeness (QED) is 0.770. The largest absolute Gasteiger partial charge is 0.295 e. The molecule has 0 saturated carbocycles. The SMILES string of the molecule is CC(=O)c1ccc(-c2cnn(C(C)C)c2)c(C)c1. The predicted octanol–water partition coefficient (Wildman–Crippen LogP) is 3.64. The number of ketones is 1. The number of nitrogens with zero attached hydrogens (tertiary/aromatic N) is 2. The molecule has 0 N–H and O–H groups in total. The van der Waals surface area contributed by atoms with Crippen LogP contribution in [0.1, 0.15) is 42.7 Å². The summed E-state index contributed by atoms with van der Waals surface area (Å²) in [6.07, 6.45) is 3.91. The minimum Gasteiger partial charge on any atom is -0.295 e. The Labute approximate surface area is 107 Å². The maximum Gasteiger partial charge on any atom is 0.159 e. The van der Waals surface area contributed by atoms with Gasteiger partial charge in [0.05, 0.1) is 6.20 Å². The molecule has 3 heteroatoms. The van der Waals surface area contributed by atoms with Gasteiger partial charge in [-0.3, -0.25) is 9.48 Å². The van der Waals surface area contributed by atoms with Crippen LogP contribution in [0.15, 0.2) is 30.6 Å². The lowest BCUT2D eigenvalue weighted by atomic mass is 9.99. The number of aromatic nitrogens is 2. The minimum atomic E-state index is 0.0996. The Morgan fingerprint density at radius 1 is 1.33 bits per heavy atom. The smallest absolute Gasteiger partial charge is 0.159 e. The second-order valence-corrected chi connectivity index (χ2v) is 4.89. The molecule has 0 radical (unpaired) electrons. The number of benzene rings is 1. The van der Waals surface area contributed by atoms with Crippen LogP contribution in [0.4, 0.5) is 0 Å². The molecule has 0 spiro atoms. The average Bonchev–Trinajstić information content (AvgIpc) is 2.78. The summed E-state index contributed by atoms with van der Waals surface area (Å²) < 4.78 is 1.94. The molecule has 0 amide bonds. The highest BCUT2D eigenvalue weighted by atomic mass is 16.1. The van der Waals surface area contributed by atoms with Crippen LogP contribution in [0.5, 0.6) is 0 Å². The molecule has 1 aromatic carbocycles. The van der Waals surface area contributed by atoms with Gasteiger partial charge in [0.15, 0.2) is 5.78 Å². The molecule has 0 atom stereocenters. The Hall–Kier alpha value is -1.90. The lowest BCUT2D eigenvalue weighted by Gasteiger charge is -2.06. The zero-order valence-corrected chi connectivity index (χ0v) is 11.3. The number of aryl methyl sites for hydroxylation is 1. The zero-order chi connectivity index (χ0) is 13.3. The fourth-order valence-corrected chi connectivity index (χ4v) is 1.97. The van der Waals surface area contributed by atoms with E-state index in [0.29, 0.717) is 6.04 Å². The van der Waals surface area contributed by atoms with Crippen LogP contribution in [0.3, 0.4) is 0 Å². The van der Waals surface area contributed by atoms with Crippen molar-refractivity contribution in [3.8, 4) is 11.1 Å². The number of rotatable bonds is 3. The summed E-state index contributed by atoms with van der Waals surface area (Å²) in [5.74, 6) is 0.0996. The van der Waals surface area contributed by atoms with E-state index < -0.39 is 0 Å². The van der Waals surface area contributed by atoms with Crippen molar-refractivity contribution in [3.63, 3.8) is 0 Å². The van der Waals surface area contributed by atoms with Gasteiger partial charge in [-0.2, -0.15) is 5.10 Å². The van der Waals surface area contributed by atoms with Gasteiger partial charge < -0.3 is 0 Å². The van der Waals surface area contributed by atoms with Gasteiger partial charge in [0.1, 0.15) is 0 Å². The van der Waals surface area contributed by atoms with E-state index in [2.05, 4.69) is 18.9 Å². The average molecular weight is 242 g/mol. The van der Waals surface area contributed by atoms with Gasteiger partial charge in [0.2, 0.25) is 0 Å². The molecule has 2 aromatic rings. The summed E-state index contributed by atoms with van der Waals surface area (Å²) >= 11 is 0. The Morgan fingerprint density at radius 2 is 2.06 bits per heavy atom. The van der Waals surface area contributed by atoms with Crippen LogP contribution in [0, 0.1) is 6.92 Å². The van der Waals surface area contributed by atoms with Gasteiger partial charge in [0, 0.05) is 23.4 Å². The summed E-state index contributed by atoms with van der Waals surface area (Å²) in [6.45, 7) is 7.81. The van der Waals surface area contributed by atoms with Crippen molar-refractivity contribution in [2.24, 2.45) is 0 Å². The second kappa shape index (κ2) is 4.77. The summed E-state index contributed by atoms with van der Waals surface area (Å²) in [7, 11) is 0. The molecule has 18 heavy (non-hydrogen) atoms. The molecule has 0 fully saturated rings. The summed E-state index contributed by atoms with van der Waals surface area (Å²) in [4.78, 5) is 11.3. The van der Waals surface area contributed by atoms with Crippen LogP contribution >= 0.6 is 0 Å². The molecule has 94 valence electrons. The van der Waals surface area contributed by atoms with Crippen molar-refractivity contribution in [3.05, 3.63) is 41.7 Å². The third-order valence-corrected chi connectivity index (χ3v) is 3.07. The van der Waals surface area contributed by atoms with Crippen LogP contribution < -0.4 is 0 Å². The molecule has 0 saturated heterocycles. The van der Waals surface area contributed by atoms with Crippen molar-refractivity contribution >= 4 is 5.78 Å². The highest BCUT2D eigenvalue weighted by Gasteiger charge is 2.08. The molecule has 0 aliphatic heterocycles. The van der Waals surface area contributed by atoms with E-state index in [1.54, 1.807) is 6.92 Å². The highest BCUT2D eigenvalue weighted by Crippen LogP contribution is 2.24. The molecule has 0 aliphatic rings. The van der Waals surface area contributed by atoms with Gasteiger partial charge >= 0.3 is 0 Å². The molecule has 0 unspecified atom stereocenters. The third kappa shape index (κ3) is 2.35. The summed E-state index contributed by atoms with van der Waals surface area (Å²) in [5.41, 5.74) is 4.08. The van der Waals surface area contributed by atoms with E-state index in [4.69, 9.17) is 0 Å². The van der Waals surface area contributed by atoms with Gasteiger partial charge in [-0.1, -0.05) is 12.1 Å². The Bertz CT molecular complexity index is 582. The normalized spacial score (nSPS) is 10.9. The van der Waals surface area contributed by atoms with Gasteiger partial charge in [0.25, 0.3) is 0 Å². The lowest BCUT2D eigenvalue weighted by Crippen LogP contribution is -1.99. The standard InChI is InChI=1S/C15H18N2O/c1-10(2)17-9-14(8-16-17)15-6-5-13(12(4)18)7-11(15)3/h5-10H,1-4H3. The molecular formula is C15H18N2O. The first-order chi connectivity index (χ1) is 8.49. The van der Waals surface area contributed by atoms with Gasteiger partial charge in [-0.05, 0) is 44.9 Å². The number of carbonyl (C=O) groups excluding carboxylic acids is 1. The van der Waals surface area contributed by atoms with Gasteiger partial charge in [-0.25, -0.2) is 0 Å². The maximum absolute atomic E-state index is 11.3. The molecular weight excluding hydrogens is 224 g/mol. The van der Waals surface area contributed by atoms with Crippen molar-refractivity contribution in [1.29, 1.82) is 0 Å². The van der Waals surface area contributed by atoms with Crippen LogP contribution in [0.25, 0.3) is 11.1 Å². The zero-order valence-electron chi connectivity index (χ0n) is 11.3. The van der Waals surface area contributed by atoms with E-state index in [9.17, 15) is 4.79 Å². The first-order valence-electron chi connectivity index (χ1n) is 6.15. The number of hydrogen-bond donors (Lipinski definition) is 0. The fourth-order valence-electron chi connectivity index (χ4n) is 1.97. The van der Waals surface area contributed by atoms with Crippen molar-refractivity contribution < 1.29 is 4.79 Å². The van der Waals surface area contributed by atoms with Crippen molar-refractivity contribution in [1.82, 2.24) is 9.78 Å². The maximum atomic E-state index is 11.3. The van der Waals surface area contributed by atoms with E-state index >= 15 is 0 Å². The number of hydrogen-bond acceptors (Lipinski definition) is 2. The number of carbonyl (C=O) groups is 1. The first-order valence-corrected chi connectivity index (χ1v) is 6.15. The van der Waals surface area contributed by atoms with Crippen molar-refractivity contribution in [2.45, 2.75) is 33.7 Å². The molecule has 0 aliphatic carbocycles. The number of Topliss-reactive ketones (excluding diaryl/α,β-unsaturated/α-hetero) is 1. The molecule has 1 aromatic heterocycles. The topological polar surface area (TPSA) is 34.9 Å². The Kier molecular flexibility index (Phi) is 3.32.